The van der Waals surface area contributed by atoms with E-state index >= 15 is 0 Å². The van der Waals surface area contributed by atoms with E-state index in [0.717, 1.165) is 10.6 Å². The van der Waals surface area contributed by atoms with Gasteiger partial charge in [0, 0.05) is 18.4 Å². The van der Waals surface area contributed by atoms with Gasteiger partial charge in [0.15, 0.2) is 0 Å². The smallest absolute Gasteiger partial charge is 0.308 e. The Morgan fingerprint density at radius 2 is 1.55 bits per heavy atom. The Morgan fingerprint density at radius 3 is 2.18 bits per heavy atom. The van der Waals surface area contributed by atoms with Gasteiger partial charge in [-0.2, -0.15) is 0 Å². The average molecular weight is 319 g/mol. The third-order valence-electron chi connectivity index (χ3n) is 3.00. The van der Waals surface area contributed by atoms with Crippen molar-refractivity contribution >= 4 is 33.1 Å². The first-order valence-electron chi connectivity index (χ1n) is 6.53. The van der Waals surface area contributed by atoms with Gasteiger partial charge in [-0.05, 0) is 30.3 Å². The lowest BCUT2D eigenvalue weighted by Gasteiger charge is -2.17. The summed E-state index contributed by atoms with van der Waals surface area (Å²) in [6, 6.07) is 15.2. The highest BCUT2D eigenvalue weighted by molar-refractivity contribution is 7.92. The fraction of sp³-hybridized carbons (Fsp3) is 0.133. The highest BCUT2D eigenvalue weighted by atomic mass is 32.2. The molecule has 0 aliphatic heterocycles. The molecule has 2 amide bonds. The van der Waals surface area contributed by atoms with Crippen molar-refractivity contribution in [1.82, 2.24) is 0 Å². The quantitative estimate of drug-likeness (QED) is 0.909. The van der Waals surface area contributed by atoms with Gasteiger partial charge in [-0.3, -0.25) is 4.31 Å². The predicted octanol–water partition coefficient (Wildman–Crippen LogP) is 2.73. The van der Waals surface area contributed by atoms with Crippen molar-refractivity contribution in [2.24, 2.45) is 0 Å². The number of carbonyl (C=O) groups excluding carboxylic acids is 1. The fourth-order valence-corrected chi connectivity index (χ4v) is 2.28. The van der Waals surface area contributed by atoms with Gasteiger partial charge < -0.3 is 10.6 Å². The van der Waals surface area contributed by atoms with Crippen LogP contribution in [0.15, 0.2) is 54.6 Å². The van der Waals surface area contributed by atoms with E-state index < -0.39 is 16.1 Å². The minimum absolute atomic E-state index is 0.398. The molecule has 0 bridgehead atoms. The van der Waals surface area contributed by atoms with Gasteiger partial charge in [-0.15, -0.1) is 0 Å². The summed E-state index contributed by atoms with van der Waals surface area (Å²) < 4.78 is 24.2. The van der Waals surface area contributed by atoms with Crippen LogP contribution < -0.4 is 14.9 Å². The maximum absolute atomic E-state index is 11.9. The number of hydrogen-bond donors (Lipinski definition) is 2. The van der Waals surface area contributed by atoms with Crippen LogP contribution in [0.4, 0.5) is 21.9 Å². The van der Waals surface area contributed by atoms with Gasteiger partial charge >= 0.3 is 6.03 Å². The van der Waals surface area contributed by atoms with Gasteiger partial charge in [-0.1, -0.05) is 24.3 Å². The van der Waals surface area contributed by atoms with E-state index in [1.807, 2.05) is 18.2 Å². The summed E-state index contributed by atoms with van der Waals surface area (Å²) in [4.78, 5) is 11.9. The molecule has 0 saturated heterocycles. The summed E-state index contributed by atoms with van der Waals surface area (Å²) in [6.07, 6.45) is 1.12. The number of nitrogens with zero attached hydrogens (tertiary/aromatic N) is 1. The Morgan fingerprint density at radius 1 is 0.955 bits per heavy atom. The number of carbonyl (C=O) groups is 1. The first kappa shape index (κ1) is 15.8. The summed E-state index contributed by atoms with van der Waals surface area (Å²) in [7, 11) is -1.89. The Hall–Kier alpha value is -2.54. The molecule has 0 heterocycles. The molecule has 2 aromatic carbocycles. The van der Waals surface area contributed by atoms with Crippen molar-refractivity contribution in [3.05, 3.63) is 54.6 Å². The van der Waals surface area contributed by atoms with Crippen LogP contribution in [0.25, 0.3) is 0 Å². The first-order valence-corrected chi connectivity index (χ1v) is 8.38. The maximum atomic E-state index is 11.9. The molecule has 22 heavy (non-hydrogen) atoms. The molecular weight excluding hydrogens is 302 g/mol. The molecule has 0 aliphatic carbocycles. The van der Waals surface area contributed by atoms with E-state index in [2.05, 4.69) is 10.6 Å². The molecule has 2 N–H and O–H groups in total. The monoisotopic (exact) mass is 319 g/mol. The molecule has 0 fully saturated rings. The summed E-state index contributed by atoms with van der Waals surface area (Å²) in [5.74, 6) is 0. The van der Waals surface area contributed by atoms with Crippen molar-refractivity contribution < 1.29 is 13.2 Å². The summed E-state index contributed by atoms with van der Waals surface area (Å²) in [5.41, 5.74) is 1.64. The Labute approximate surface area is 129 Å². The first-order chi connectivity index (χ1) is 10.4. The van der Waals surface area contributed by atoms with Crippen LogP contribution in [0.5, 0.6) is 0 Å². The predicted molar refractivity (Wildman–Crippen MR) is 88.8 cm³/mol. The lowest BCUT2D eigenvalue weighted by atomic mass is 10.3. The lowest BCUT2D eigenvalue weighted by Crippen LogP contribution is -2.25. The zero-order chi connectivity index (χ0) is 16.2. The average Bonchev–Trinajstić information content (AvgIpc) is 2.46. The van der Waals surface area contributed by atoms with E-state index in [0.29, 0.717) is 17.1 Å². The van der Waals surface area contributed by atoms with E-state index in [9.17, 15) is 13.2 Å². The molecule has 0 radical (unpaired) electrons. The van der Waals surface area contributed by atoms with Gasteiger partial charge in [0.2, 0.25) is 10.0 Å². The van der Waals surface area contributed by atoms with E-state index in [-0.39, 0.29) is 0 Å². The fourth-order valence-electron chi connectivity index (χ4n) is 1.79. The lowest BCUT2D eigenvalue weighted by molar-refractivity contribution is 0.262. The molecular formula is C15H17N3O3S. The number of urea groups is 1. The number of hydrogen-bond acceptors (Lipinski definition) is 3. The van der Waals surface area contributed by atoms with Crippen LogP contribution >= 0.6 is 0 Å². The third-order valence-corrected chi connectivity index (χ3v) is 4.20. The summed E-state index contributed by atoms with van der Waals surface area (Å²) in [6.45, 7) is 0. The molecule has 6 nitrogen and oxygen atoms in total. The minimum Gasteiger partial charge on any atom is -0.308 e. The second-order valence-electron chi connectivity index (χ2n) is 4.73. The number of sulfonamides is 1. The normalized spacial score (nSPS) is 10.8. The Balaban J connectivity index is 2.09. The summed E-state index contributed by atoms with van der Waals surface area (Å²) in [5, 5.41) is 5.35. The number of nitrogens with one attached hydrogen (secondary N) is 2. The third kappa shape index (κ3) is 4.23. The number of anilines is 3. The van der Waals surface area contributed by atoms with Crippen molar-refractivity contribution in [1.29, 1.82) is 0 Å². The molecule has 0 spiro atoms. The van der Waals surface area contributed by atoms with Crippen molar-refractivity contribution in [2.75, 3.05) is 28.2 Å². The van der Waals surface area contributed by atoms with Crippen LogP contribution in [0, 0.1) is 0 Å². The second kappa shape index (κ2) is 6.48. The number of rotatable bonds is 4. The minimum atomic E-state index is -3.34. The SMILES string of the molecule is CN(c1cccc(NC(=O)Nc2ccccc2)c1)S(C)(=O)=O. The van der Waals surface area contributed by atoms with Crippen LogP contribution in [-0.2, 0) is 10.0 Å². The molecule has 0 unspecified atom stereocenters. The molecule has 2 rings (SSSR count). The molecule has 0 atom stereocenters. The molecule has 0 aromatic heterocycles. The second-order valence-corrected chi connectivity index (χ2v) is 6.74. The van der Waals surface area contributed by atoms with Crippen LogP contribution in [0.3, 0.4) is 0 Å². The standard InChI is InChI=1S/C15H17N3O3S/c1-18(22(2,20)21)14-10-6-9-13(11-14)17-15(19)16-12-7-4-3-5-8-12/h3-11H,1-2H3,(H2,16,17,19). The Kier molecular flexibility index (Phi) is 4.67. The molecule has 0 aliphatic rings. The van der Waals surface area contributed by atoms with Crippen LogP contribution in [-0.4, -0.2) is 27.8 Å². The molecule has 0 saturated carbocycles. The van der Waals surface area contributed by atoms with Gasteiger partial charge in [-0.25, -0.2) is 13.2 Å². The topological polar surface area (TPSA) is 78.5 Å². The zero-order valence-electron chi connectivity index (χ0n) is 12.3. The largest absolute Gasteiger partial charge is 0.323 e. The number of amides is 2. The Bertz CT molecular complexity index is 761. The van der Waals surface area contributed by atoms with Crippen LogP contribution in [0.2, 0.25) is 0 Å². The highest BCUT2D eigenvalue weighted by Gasteiger charge is 2.12. The van der Waals surface area contributed by atoms with Crippen LogP contribution in [0.1, 0.15) is 0 Å². The van der Waals surface area contributed by atoms with E-state index in [4.69, 9.17) is 0 Å². The highest BCUT2D eigenvalue weighted by Crippen LogP contribution is 2.20. The zero-order valence-corrected chi connectivity index (χ0v) is 13.1. The van der Waals surface area contributed by atoms with Crippen molar-refractivity contribution in [2.45, 2.75) is 0 Å². The van der Waals surface area contributed by atoms with Crippen molar-refractivity contribution in [3.8, 4) is 0 Å². The van der Waals surface area contributed by atoms with Gasteiger partial charge in [0.1, 0.15) is 0 Å². The summed E-state index contributed by atoms with van der Waals surface area (Å²) >= 11 is 0. The van der Waals surface area contributed by atoms with Gasteiger partial charge in [0.05, 0.1) is 11.9 Å². The molecule has 116 valence electrons. The van der Waals surface area contributed by atoms with Gasteiger partial charge in [0.25, 0.3) is 0 Å². The van der Waals surface area contributed by atoms with E-state index in [1.54, 1.807) is 36.4 Å². The number of para-hydroxylation sites is 1. The molecule has 2 aromatic rings. The maximum Gasteiger partial charge on any atom is 0.323 e. The van der Waals surface area contributed by atoms with E-state index in [1.165, 1.54) is 7.05 Å². The molecule has 7 heteroatoms. The number of benzene rings is 2. The van der Waals surface area contributed by atoms with Crippen molar-refractivity contribution in [3.63, 3.8) is 0 Å².